The average Bonchev–Trinajstić information content (AvgIpc) is 2.28. The monoisotopic (exact) mass is 248 g/mol. The molecule has 2 unspecified atom stereocenters. The van der Waals surface area contributed by atoms with Gasteiger partial charge in [0, 0.05) is 12.8 Å². The van der Waals surface area contributed by atoms with Gasteiger partial charge in [0.1, 0.15) is 0 Å². The maximum absolute atomic E-state index is 11.0. The van der Waals surface area contributed by atoms with E-state index in [1.54, 1.807) is 0 Å². The highest BCUT2D eigenvalue weighted by Gasteiger charge is 2.42. The maximum Gasteiger partial charge on any atom is 0.0948 e. The molecular formula is C16H24O2. The van der Waals surface area contributed by atoms with Crippen molar-refractivity contribution < 1.29 is 9.84 Å². The highest BCUT2D eigenvalue weighted by molar-refractivity contribution is 5.35. The minimum Gasteiger partial charge on any atom is -0.385 e. The first kappa shape index (κ1) is 13.6. The van der Waals surface area contributed by atoms with Crippen LogP contribution in [-0.2, 0) is 10.3 Å². The molecule has 0 radical (unpaired) electrons. The zero-order chi connectivity index (χ0) is 13.4. The van der Waals surface area contributed by atoms with Crippen LogP contribution in [0.15, 0.2) is 18.2 Å². The lowest BCUT2D eigenvalue weighted by Gasteiger charge is -2.44. The van der Waals surface area contributed by atoms with Gasteiger partial charge in [0.2, 0.25) is 0 Å². The summed E-state index contributed by atoms with van der Waals surface area (Å²) in [4.78, 5) is 0. The molecule has 0 amide bonds. The molecule has 1 aliphatic heterocycles. The highest BCUT2D eigenvalue weighted by atomic mass is 16.5. The summed E-state index contributed by atoms with van der Waals surface area (Å²) in [7, 11) is 0. The summed E-state index contributed by atoms with van der Waals surface area (Å²) in [6.07, 6.45) is 2.30. The Kier molecular flexibility index (Phi) is 3.52. The summed E-state index contributed by atoms with van der Waals surface area (Å²) in [5, 5.41) is 11.0. The molecule has 18 heavy (non-hydrogen) atoms. The molecule has 1 aromatic rings. The Balaban J connectivity index is 2.35. The van der Waals surface area contributed by atoms with Gasteiger partial charge in [-0.2, -0.15) is 0 Å². The van der Waals surface area contributed by atoms with Crippen molar-refractivity contribution in [2.24, 2.45) is 0 Å². The van der Waals surface area contributed by atoms with Gasteiger partial charge in [-0.3, -0.25) is 0 Å². The fourth-order valence-corrected chi connectivity index (χ4v) is 3.02. The standard InChI is InChI=1S/C16H24O2/c1-5-15(4)11-16(17,8-9-18-15)14-7-6-12(2)10-13(14)3/h6-7,10,17H,5,8-9,11H2,1-4H3. The molecule has 1 fully saturated rings. The Morgan fingerprint density at radius 2 is 2.06 bits per heavy atom. The SMILES string of the molecule is CCC1(C)CC(O)(c2ccc(C)cc2C)CCO1. The van der Waals surface area contributed by atoms with E-state index in [-0.39, 0.29) is 5.60 Å². The van der Waals surface area contributed by atoms with Crippen LogP contribution in [0, 0.1) is 13.8 Å². The van der Waals surface area contributed by atoms with Crippen LogP contribution in [0.5, 0.6) is 0 Å². The first-order chi connectivity index (χ1) is 8.38. The molecule has 2 atom stereocenters. The van der Waals surface area contributed by atoms with Gasteiger partial charge in [-0.1, -0.05) is 30.7 Å². The fourth-order valence-electron chi connectivity index (χ4n) is 3.02. The normalized spacial score (nSPS) is 32.5. The topological polar surface area (TPSA) is 29.5 Å². The molecule has 0 aromatic heterocycles. The van der Waals surface area contributed by atoms with Crippen molar-refractivity contribution in [1.82, 2.24) is 0 Å². The molecule has 2 nitrogen and oxygen atoms in total. The van der Waals surface area contributed by atoms with Gasteiger partial charge in [0.05, 0.1) is 17.8 Å². The van der Waals surface area contributed by atoms with E-state index in [1.807, 2.05) is 0 Å². The van der Waals surface area contributed by atoms with Gasteiger partial charge in [0.25, 0.3) is 0 Å². The second-order valence-corrected chi connectivity index (χ2v) is 5.93. The van der Waals surface area contributed by atoms with Gasteiger partial charge in [0.15, 0.2) is 0 Å². The summed E-state index contributed by atoms with van der Waals surface area (Å²) in [6.45, 7) is 9.02. The van der Waals surface area contributed by atoms with E-state index in [1.165, 1.54) is 11.1 Å². The second kappa shape index (κ2) is 4.67. The van der Waals surface area contributed by atoms with Crippen molar-refractivity contribution in [2.45, 2.75) is 58.2 Å². The number of hydrogen-bond acceptors (Lipinski definition) is 2. The Labute approximate surface area is 110 Å². The quantitative estimate of drug-likeness (QED) is 0.868. The average molecular weight is 248 g/mol. The summed E-state index contributed by atoms with van der Waals surface area (Å²) in [5.41, 5.74) is 2.55. The third-order valence-electron chi connectivity index (χ3n) is 4.26. The molecule has 0 aliphatic carbocycles. The number of aryl methyl sites for hydroxylation is 2. The van der Waals surface area contributed by atoms with Crippen molar-refractivity contribution in [3.05, 3.63) is 34.9 Å². The van der Waals surface area contributed by atoms with Crippen LogP contribution in [0.2, 0.25) is 0 Å². The maximum atomic E-state index is 11.0. The van der Waals surface area contributed by atoms with E-state index in [4.69, 9.17) is 4.74 Å². The molecule has 1 aliphatic rings. The molecular weight excluding hydrogens is 224 g/mol. The van der Waals surface area contributed by atoms with Crippen LogP contribution in [-0.4, -0.2) is 17.3 Å². The predicted octanol–water partition coefficient (Wildman–Crippen LogP) is 3.47. The minimum atomic E-state index is -0.735. The number of aliphatic hydroxyl groups is 1. The van der Waals surface area contributed by atoms with Crippen molar-refractivity contribution >= 4 is 0 Å². The first-order valence-corrected chi connectivity index (χ1v) is 6.83. The third-order valence-corrected chi connectivity index (χ3v) is 4.26. The largest absolute Gasteiger partial charge is 0.385 e. The Morgan fingerprint density at radius 1 is 1.33 bits per heavy atom. The fraction of sp³-hybridized carbons (Fsp3) is 0.625. The lowest BCUT2D eigenvalue weighted by molar-refractivity contribution is -0.157. The van der Waals surface area contributed by atoms with Crippen molar-refractivity contribution in [3.63, 3.8) is 0 Å². The Hall–Kier alpha value is -0.860. The van der Waals surface area contributed by atoms with E-state index in [2.05, 4.69) is 45.9 Å². The van der Waals surface area contributed by atoms with E-state index in [0.717, 1.165) is 12.0 Å². The molecule has 100 valence electrons. The first-order valence-electron chi connectivity index (χ1n) is 6.83. The molecule has 1 aromatic carbocycles. The Morgan fingerprint density at radius 3 is 2.67 bits per heavy atom. The summed E-state index contributed by atoms with van der Waals surface area (Å²) in [5.74, 6) is 0. The van der Waals surface area contributed by atoms with E-state index in [0.29, 0.717) is 19.4 Å². The van der Waals surface area contributed by atoms with Crippen molar-refractivity contribution in [1.29, 1.82) is 0 Å². The smallest absolute Gasteiger partial charge is 0.0948 e. The van der Waals surface area contributed by atoms with Crippen molar-refractivity contribution in [2.75, 3.05) is 6.61 Å². The van der Waals surface area contributed by atoms with Crippen LogP contribution in [0.4, 0.5) is 0 Å². The van der Waals surface area contributed by atoms with Crippen LogP contribution in [0.3, 0.4) is 0 Å². The van der Waals surface area contributed by atoms with Gasteiger partial charge in [-0.05, 0) is 38.3 Å². The highest BCUT2D eigenvalue weighted by Crippen LogP contribution is 2.42. The van der Waals surface area contributed by atoms with E-state index in [9.17, 15) is 5.11 Å². The number of ether oxygens (including phenoxy) is 1. The summed E-state index contributed by atoms with van der Waals surface area (Å²) in [6, 6.07) is 6.30. The molecule has 1 heterocycles. The number of rotatable bonds is 2. The molecule has 0 spiro atoms. The van der Waals surface area contributed by atoms with E-state index >= 15 is 0 Å². The van der Waals surface area contributed by atoms with Crippen LogP contribution < -0.4 is 0 Å². The van der Waals surface area contributed by atoms with Crippen LogP contribution in [0.25, 0.3) is 0 Å². The van der Waals surface area contributed by atoms with Gasteiger partial charge >= 0.3 is 0 Å². The summed E-state index contributed by atoms with van der Waals surface area (Å²) < 4.78 is 5.84. The third kappa shape index (κ3) is 2.45. The molecule has 1 saturated heterocycles. The molecule has 0 bridgehead atoms. The lowest BCUT2D eigenvalue weighted by Crippen LogP contribution is -2.45. The Bertz CT molecular complexity index is 441. The number of hydrogen-bond donors (Lipinski definition) is 1. The van der Waals surface area contributed by atoms with Crippen LogP contribution in [0.1, 0.15) is 49.8 Å². The van der Waals surface area contributed by atoms with Gasteiger partial charge < -0.3 is 9.84 Å². The second-order valence-electron chi connectivity index (χ2n) is 5.93. The molecule has 1 N–H and O–H groups in total. The zero-order valence-electron chi connectivity index (χ0n) is 11.9. The number of benzene rings is 1. The molecule has 2 heteroatoms. The molecule has 0 saturated carbocycles. The lowest BCUT2D eigenvalue weighted by atomic mass is 9.76. The van der Waals surface area contributed by atoms with Crippen LogP contribution >= 0.6 is 0 Å². The van der Waals surface area contributed by atoms with E-state index < -0.39 is 5.60 Å². The van der Waals surface area contributed by atoms with Gasteiger partial charge in [-0.15, -0.1) is 0 Å². The van der Waals surface area contributed by atoms with Crippen molar-refractivity contribution in [3.8, 4) is 0 Å². The predicted molar refractivity (Wildman–Crippen MR) is 73.7 cm³/mol. The molecule has 2 rings (SSSR count). The zero-order valence-corrected chi connectivity index (χ0v) is 11.9. The van der Waals surface area contributed by atoms with Gasteiger partial charge in [-0.25, -0.2) is 0 Å². The minimum absolute atomic E-state index is 0.204. The summed E-state index contributed by atoms with van der Waals surface area (Å²) >= 11 is 0.